The molecule has 0 spiro atoms. The van der Waals surface area contributed by atoms with Crippen molar-refractivity contribution in [1.82, 2.24) is 10.2 Å². The van der Waals surface area contributed by atoms with Gasteiger partial charge in [-0.25, -0.2) is 4.39 Å². The summed E-state index contributed by atoms with van der Waals surface area (Å²) >= 11 is 0. The molecule has 0 saturated carbocycles. The third-order valence-electron chi connectivity index (χ3n) is 3.31. The van der Waals surface area contributed by atoms with Crippen LogP contribution in [0.15, 0.2) is 24.3 Å². The van der Waals surface area contributed by atoms with Crippen LogP contribution < -0.4 is 5.32 Å². The maximum atomic E-state index is 13.0. The van der Waals surface area contributed by atoms with Gasteiger partial charge in [-0.15, -0.1) is 0 Å². The van der Waals surface area contributed by atoms with Crippen LogP contribution in [0.25, 0.3) is 0 Å². The Kier molecular flexibility index (Phi) is 4.31. The number of carbonyl (C=O) groups is 1. The second-order valence-electron chi connectivity index (χ2n) is 4.60. The minimum absolute atomic E-state index is 0.0255. The van der Waals surface area contributed by atoms with Crippen LogP contribution in [-0.2, 0) is 11.2 Å². The van der Waals surface area contributed by atoms with E-state index in [0.717, 1.165) is 25.1 Å². The highest BCUT2D eigenvalue weighted by Gasteiger charge is 2.30. The molecule has 0 radical (unpaired) electrons. The topological polar surface area (TPSA) is 32.3 Å². The van der Waals surface area contributed by atoms with Crippen LogP contribution in [0.3, 0.4) is 0 Å². The second kappa shape index (κ2) is 5.96. The molecular weight excluding hydrogens is 231 g/mol. The van der Waals surface area contributed by atoms with E-state index < -0.39 is 0 Å². The van der Waals surface area contributed by atoms with Crippen LogP contribution in [0.5, 0.6) is 0 Å². The molecule has 18 heavy (non-hydrogen) atoms. The van der Waals surface area contributed by atoms with E-state index in [-0.39, 0.29) is 17.8 Å². The highest BCUT2D eigenvalue weighted by Crippen LogP contribution is 2.12. The second-order valence-corrected chi connectivity index (χ2v) is 4.60. The SMILES string of the molecule is CCNC1CCN(CCc2cccc(F)c2)C1=O. The first-order valence-corrected chi connectivity index (χ1v) is 6.47. The fraction of sp³-hybridized carbons (Fsp3) is 0.500. The summed E-state index contributed by atoms with van der Waals surface area (Å²) in [6.07, 6.45) is 1.58. The van der Waals surface area contributed by atoms with Gasteiger partial charge in [-0.1, -0.05) is 19.1 Å². The zero-order valence-electron chi connectivity index (χ0n) is 10.7. The lowest BCUT2D eigenvalue weighted by atomic mass is 10.1. The first kappa shape index (κ1) is 13.0. The fourth-order valence-corrected chi connectivity index (χ4v) is 2.35. The van der Waals surface area contributed by atoms with Gasteiger partial charge in [0.05, 0.1) is 6.04 Å². The summed E-state index contributed by atoms with van der Waals surface area (Å²) in [6.45, 7) is 4.28. The molecule has 1 aliphatic heterocycles. The average molecular weight is 250 g/mol. The summed E-state index contributed by atoms with van der Waals surface area (Å²) in [5, 5.41) is 3.18. The molecule has 4 heteroatoms. The highest BCUT2D eigenvalue weighted by molar-refractivity contribution is 5.83. The molecule has 1 aromatic rings. The smallest absolute Gasteiger partial charge is 0.239 e. The van der Waals surface area contributed by atoms with Gasteiger partial charge in [0, 0.05) is 13.1 Å². The first-order chi connectivity index (χ1) is 8.70. The lowest BCUT2D eigenvalue weighted by Crippen LogP contribution is -2.38. The van der Waals surface area contributed by atoms with Crippen LogP contribution in [0.2, 0.25) is 0 Å². The molecule has 0 aromatic heterocycles. The van der Waals surface area contributed by atoms with E-state index in [2.05, 4.69) is 5.32 Å². The van der Waals surface area contributed by atoms with Crippen molar-refractivity contribution < 1.29 is 9.18 Å². The Balaban J connectivity index is 1.86. The summed E-state index contributed by atoms with van der Waals surface area (Å²) in [6, 6.07) is 6.54. The fourth-order valence-electron chi connectivity index (χ4n) is 2.35. The molecule has 98 valence electrons. The lowest BCUT2D eigenvalue weighted by Gasteiger charge is -2.16. The summed E-state index contributed by atoms with van der Waals surface area (Å²) in [5.41, 5.74) is 0.940. The Labute approximate surface area is 107 Å². The van der Waals surface area contributed by atoms with E-state index in [1.54, 1.807) is 6.07 Å². The molecule has 1 aliphatic rings. The van der Waals surface area contributed by atoms with Gasteiger partial charge in [0.15, 0.2) is 0 Å². The van der Waals surface area contributed by atoms with E-state index in [9.17, 15) is 9.18 Å². The van der Waals surface area contributed by atoms with Crippen molar-refractivity contribution in [3.05, 3.63) is 35.6 Å². The van der Waals surface area contributed by atoms with Crippen LogP contribution in [-0.4, -0.2) is 36.5 Å². The number of nitrogens with one attached hydrogen (secondary N) is 1. The monoisotopic (exact) mass is 250 g/mol. The van der Waals surface area contributed by atoms with Crippen LogP contribution >= 0.6 is 0 Å². The zero-order chi connectivity index (χ0) is 13.0. The van der Waals surface area contributed by atoms with Crippen molar-refractivity contribution in [3.63, 3.8) is 0 Å². The third-order valence-corrected chi connectivity index (χ3v) is 3.31. The third kappa shape index (κ3) is 3.07. The van der Waals surface area contributed by atoms with Crippen molar-refractivity contribution in [3.8, 4) is 0 Å². The van der Waals surface area contributed by atoms with Gasteiger partial charge >= 0.3 is 0 Å². The summed E-state index contributed by atoms with van der Waals surface area (Å²) < 4.78 is 13.0. The number of halogens is 1. The Hall–Kier alpha value is -1.42. The van der Waals surface area contributed by atoms with E-state index in [4.69, 9.17) is 0 Å². The molecule has 1 N–H and O–H groups in total. The van der Waals surface area contributed by atoms with E-state index in [1.807, 2.05) is 17.9 Å². The number of hydrogen-bond donors (Lipinski definition) is 1. The van der Waals surface area contributed by atoms with Gasteiger partial charge in [-0.3, -0.25) is 4.79 Å². The number of carbonyl (C=O) groups excluding carboxylic acids is 1. The van der Waals surface area contributed by atoms with Gasteiger partial charge in [-0.2, -0.15) is 0 Å². The molecule has 2 rings (SSSR count). The van der Waals surface area contributed by atoms with Gasteiger partial charge < -0.3 is 10.2 Å². The van der Waals surface area contributed by atoms with Crippen molar-refractivity contribution in [2.24, 2.45) is 0 Å². The predicted octanol–water partition coefficient (Wildman–Crippen LogP) is 1.58. The molecule has 3 nitrogen and oxygen atoms in total. The van der Waals surface area contributed by atoms with Crippen LogP contribution in [0.4, 0.5) is 4.39 Å². The summed E-state index contributed by atoms with van der Waals surface area (Å²) in [4.78, 5) is 13.8. The van der Waals surface area contributed by atoms with Crippen molar-refractivity contribution >= 4 is 5.91 Å². The molecule has 1 amide bonds. The normalized spacial score (nSPS) is 19.6. The molecule has 1 saturated heterocycles. The number of benzene rings is 1. The molecule has 0 bridgehead atoms. The molecule has 1 fully saturated rings. The van der Waals surface area contributed by atoms with E-state index in [1.165, 1.54) is 12.1 Å². The Morgan fingerprint density at radius 2 is 2.33 bits per heavy atom. The quantitative estimate of drug-likeness (QED) is 0.860. The van der Waals surface area contributed by atoms with Crippen molar-refractivity contribution in [2.75, 3.05) is 19.6 Å². The van der Waals surface area contributed by atoms with Gasteiger partial charge in [0.25, 0.3) is 0 Å². The van der Waals surface area contributed by atoms with Crippen molar-refractivity contribution in [1.29, 1.82) is 0 Å². The molecule has 0 aliphatic carbocycles. The first-order valence-electron chi connectivity index (χ1n) is 6.47. The summed E-state index contributed by atoms with van der Waals surface area (Å²) in [7, 11) is 0. The summed E-state index contributed by atoms with van der Waals surface area (Å²) in [5.74, 6) is -0.0426. The molecule has 1 unspecified atom stereocenters. The zero-order valence-corrected chi connectivity index (χ0v) is 10.7. The number of nitrogens with zero attached hydrogens (tertiary/aromatic N) is 1. The maximum Gasteiger partial charge on any atom is 0.239 e. The van der Waals surface area contributed by atoms with Crippen LogP contribution in [0.1, 0.15) is 18.9 Å². The largest absolute Gasteiger partial charge is 0.341 e. The van der Waals surface area contributed by atoms with Gasteiger partial charge in [0.2, 0.25) is 5.91 Å². The molecule has 1 aromatic carbocycles. The van der Waals surface area contributed by atoms with Crippen LogP contribution in [0, 0.1) is 5.82 Å². The Morgan fingerprint density at radius 1 is 1.50 bits per heavy atom. The number of amides is 1. The standard InChI is InChI=1S/C14H19FN2O/c1-2-16-13-7-9-17(14(13)18)8-6-11-4-3-5-12(15)10-11/h3-5,10,13,16H,2,6-9H2,1H3. The molecule has 1 heterocycles. The van der Waals surface area contributed by atoms with E-state index in [0.29, 0.717) is 13.0 Å². The number of hydrogen-bond acceptors (Lipinski definition) is 2. The van der Waals surface area contributed by atoms with Gasteiger partial charge in [0.1, 0.15) is 5.82 Å². The minimum Gasteiger partial charge on any atom is -0.341 e. The number of likely N-dealkylation sites (tertiary alicyclic amines) is 1. The predicted molar refractivity (Wildman–Crippen MR) is 68.8 cm³/mol. The van der Waals surface area contributed by atoms with Crippen molar-refractivity contribution in [2.45, 2.75) is 25.8 Å². The maximum absolute atomic E-state index is 13.0. The number of rotatable bonds is 5. The van der Waals surface area contributed by atoms with Gasteiger partial charge in [-0.05, 0) is 37.1 Å². The number of likely N-dealkylation sites (N-methyl/N-ethyl adjacent to an activating group) is 1. The molecule has 1 atom stereocenters. The van der Waals surface area contributed by atoms with E-state index >= 15 is 0 Å². The molecular formula is C14H19FN2O. The average Bonchev–Trinajstić information content (AvgIpc) is 2.69. The Bertz CT molecular complexity index is 422. The highest BCUT2D eigenvalue weighted by atomic mass is 19.1. The minimum atomic E-state index is -0.217. The lowest BCUT2D eigenvalue weighted by molar-refractivity contribution is -0.129. The Morgan fingerprint density at radius 3 is 3.06 bits per heavy atom.